The molecular weight excluding hydrogens is 739 g/mol. The average molecular weight is 780 g/mol. The van der Waals surface area contributed by atoms with Crippen molar-refractivity contribution in [3.8, 4) is 55.6 Å². The topological polar surface area (TPSA) is 16.4 Å². The summed E-state index contributed by atoms with van der Waals surface area (Å²) in [6.45, 7) is 2.15. The molecule has 10 aromatic carbocycles. The fourth-order valence-corrected chi connectivity index (χ4v) is 8.96. The normalized spacial score (nSPS) is 11.4. The van der Waals surface area contributed by atoms with E-state index >= 15 is 0 Å². The van der Waals surface area contributed by atoms with Gasteiger partial charge < -0.3 is 9.32 Å². The van der Waals surface area contributed by atoms with Crippen molar-refractivity contribution in [1.82, 2.24) is 0 Å². The van der Waals surface area contributed by atoms with Crippen LogP contribution in [-0.2, 0) is 0 Å². The molecule has 0 spiro atoms. The SMILES string of the molecule is Cc1cccc2oc3cc(N(c4ccc(-c5cc(-c6ccccc6)ccc5-c5ccccc5)cc4)c4ccc(-c5cc6ccccc6cc5-c5ccccc5)cc4)ccc3c12. The first kappa shape index (κ1) is 36.2. The van der Waals surface area contributed by atoms with E-state index in [2.05, 4.69) is 242 Å². The van der Waals surface area contributed by atoms with Gasteiger partial charge in [0.05, 0.1) is 0 Å². The molecule has 0 amide bonds. The van der Waals surface area contributed by atoms with Crippen LogP contribution in [0.2, 0.25) is 0 Å². The van der Waals surface area contributed by atoms with Crippen molar-refractivity contribution in [3.05, 3.63) is 236 Å². The van der Waals surface area contributed by atoms with Gasteiger partial charge in [-0.1, -0.05) is 164 Å². The summed E-state index contributed by atoms with van der Waals surface area (Å²) >= 11 is 0. The molecule has 0 fully saturated rings. The number of hydrogen-bond donors (Lipinski definition) is 0. The molecule has 0 radical (unpaired) electrons. The third kappa shape index (κ3) is 6.75. The number of benzene rings is 10. The first-order valence-corrected chi connectivity index (χ1v) is 20.9. The van der Waals surface area contributed by atoms with E-state index in [0.29, 0.717) is 0 Å². The van der Waals surface area contributed by atoms with Crippen LogP contribution in [0, 0.1) is 6.92 Å². The molecule has 1 heterocycles. The highest BCUT2D eigenvalue weighted by Gasteiger charge is 2.19. The number of anilines is 3. The molecule has 0 atom stereocenters. The summed E-state index contributed by atoms with van der Waals surface area (Å²) in [7, 11) is 0. The zero-order valence-electron chi connectivity index (χ0n) is 33.8. The van der Waals surface area contributed by atoms with E-state index in [-0.39, 0.29) is 0 Å². The predicted octanol–water partition coefficient (Wildman–Crippen LogP) is 16.9. The van der Waals surface area contributed by atoms with Crippen LogP contribution in [0.4, 0.5) is 17.1 Å². The van der Waals surface area contributed by atoms with E-state index < -0.39 is 0 Å². The van der Waals surface area contributed by atoms with E-state index in [0.717, 1.165) is 39.2 Å². The van der Waals surface area contributed by atoms with Gasteiger partial charge in [-0.05, 0) is 140 Å². The minimum atomic E-state index is 0.869. The first-order valence-electron chi connectivity index (χ1n) is 20.9. The maximum Gasteiger partial charge on any atom is 0.137 e. The number of aryl methyl sites for hydroxylation is 1. The number of fused-ring (bicyclic) bond motifs is 4. The van der Waals surface area contributed by atoms with Crippen LogP contribution in [-0.4, -0.2) is 0 Å². The summed E-state index contributed by atoms with van der Waals surface area (Å²) < 4.78 is 6.52. The van der Waals surface area contributed by atoms with Gasteiger partial charge in [0.1, 0.15) is 11.2 Å². The Balaban J connectivity index is 1.04. The molecule has 61 heavy (non-hydrogen) atoms. The van der Waals surface area contributed by atoms with E-state index in [1.807, 2.05) is 0 Å². The van der Waals surface area contributed by atoms with Gasteiger partial charge in [0.2, 0.25) is 0 Å². The molecule has 0 aliphatic heterocycles. The first-order chi connectivity index (χ1) is 30.1. The van der Waals surface area contributed by atoms with Crippen LogP contribution in [0.25, 0.3) is 88.3 Å². The molecule has 0 aliphatic rings. The third-order valence-electron chi connectivity index (χ3n) is 12.0. The van der Waals surface area contributed by atoms with E-state index in [9.17, 15) is 0 Å². The van der Waals surface area contributed by atoms with Crippen LogP contribution in [0.15, 0.2) is 235 Å². The quantitative estimate of drug-likeness (QED) is 0.153. The molecule has 0 saturated carbocycles. The van der Waals surface area contributed by atoms with Crippen molar-refractivity contribution < 1.29 is 4.42 Å². The maximum absolute atomic E-state index is 6.52. The Morgan fingerprint density at radius 3 is 1.38 bits per heavy atom. The Morgan fingerprint density at radius 1 is 0.311 bits per heavy atom. The Hall–Kier alpha value is -7.94. The summed E-state index contributed by atoms with van der Waals surface area (Å²) in [4.78, 5) is 2.34. The van der Waals surface area contributed by atoms with E-state index in [4.69, 9.17) is 4.42 Å². The lowest BCUT2D eigenvalue weighted by atomic mass is 9.91. The smallest absolute Gasteiger partial charge is 0.137 e. The molecule has 0 saturated heterocycles. The minimum Gasteiger partial charge on any atom is -0.456 e. The Morgan fingerprint density at radius 2 is 0.787 bits per heavy atom. The molecule has 0 aliphatic carbocycles. The zero-order chi connectivity index (χ0) is 40.7. The Bertz CT molecular complexity index is 3330. The van der Waals surface area contributed by atoms with Crippen molar-refractivity contribution in [2.75, 3.05) is 4.90 Å². The second kappa shape index (κ2) is 15.3. The lowest BCUT2D eigenvalue weighted by Crippen LogP contribution is -2.09. The maximum atomic E-state index is 6.52. The van der Waals surface area contributed by atoms with Crippen molar-refractivity contribution in [3.63, 3.8) is 0 Å². The number of rotatable bonds is 8. The number of hydrogen-bond acceptors (Lipinski definition) is 2. The van der Waals surface area contributed by atoms with Gasteiger partial charge in [-0.2, -0.15) is 0 Å². The van der Waals surface area contributed by atoms with E-state index in [1.165, 1.54) is 71.8 Å². The molecule has 0 bridgehead atoms. The number of nitrogens with zero attached hydrogens (tertiary/aromatic N) is 1. The van der Waals surface area contributed by atoms with Crippen LogP contribution in [0.5, 0.6) is 0 Å². The lowest BCUT2D eigenvalue weighted by molar-refractivity contribution is 0.669. The summed E-state index contributed by atoms with van der Waals surface area (Å²) in [6.07, 6.45) is 0. The standard InChI is InChI=1S/C59H41NO/c1-40-14-13-23-57-59(40)53-35-33-51(39-58(53)61-57)60(50-31-26-45(27-32-50)56-37-47-22-12-11-21-46(47)36-55(56)43-19-9-4-10-20-43)49-29-24-44(25-30-49)54-38-48(41-15-5-2-6-16-41)28-34-52(54)42-17-7-3-8-18-42/h2-39H,1H3. The van der Waals surface area contributed by atoms with E-state index in [1.54, 1.807) is 0 Å². The highest BCUT2D eigenvalue weighted by atomic mass is 16.3. The third-order valence-corrected chi connectivity index (χ3v) is 12.0. The Labute approximate surface area is 356 Å². The molecule has 288 valence electrons. The fourth-order valence-electron chi connectivity index (χ4n) is 8.96. The summed E-state index contributed by atoms with van der Waals surface area (Å²) in [5, 5.41) is 4.75. The van der Waals surface area contributed by atoms with Crippen LogP contribution < -0.4 is 4.90 Å². The van der Waals surface area contributed by atoms with Crippen LogP contribution in [0.3, 0.4) is 0 Å². The molecule has 2 heteroatoms. The van der Waals surface area contributed by atoms with Gasteiger partial charge in [-0.25, -0.2) is 0 Å². The summed E-state index contributed by atoms with van der Waals surface area (Å²) in [6, 6.07) is 83.0. The second-order valence-corrected chi connectivity index (χ2v) is 15.8. The fraction of sp³-hybridized carbons (Fsp3) is 0.0169. The summed E-state index contributed by atoms with van der Waals surface area (Å²) in [5.74, 6) is 0. The largest absolute Gasteiger partial charge is 0.456 e. The van der Waals surface area contributed by atoms with Crippen molar-refractivity contribution in [1.29, 1.82) is 0 Å². The summed E-state index contributed by atoms with van der Waals surface area (Å²) in [5.41, 5.74) is 18.1. The minimum absolute atomic E-state index is 0.869. The van der Waals surface area contributed by atoms with Crippen LogP contribution in [0.1, 0.15) is 5.56 Å². The average Bonchev–Trinajstić information content (AvgIpc) is 3.71. The molecular formula is C59H41NO. The second-order valence-electron chi connectivity index (χ2n) is 15.8. The van der Waals surface area contributed by atoms with Crippen molar-refractivity contribution in [2.45, 2.75) is 6.92 Å². The molecule has 11 aromatic rings. The van der Waals surface area contributed by atoms with Crippen LogP contribution >= 0.6 is 0 Å². The van der Waals surface area contributed by atoms with Crippen molar-refractivity contribution in [2.24, 2.45) is 0 Å². The van der Waals surface area contributed by atoms with Crippen molar-refractivity contribution >= 4 is 49.8 Å². The van der Waals surface area contributed by atoms with Gasteiger partial charge >= 0.3 is 0 Å². The zero-order valence-corrected chi connectivity index (χ0v) is 33.8. The van der Waals surface area contributed by atoms with Gasteiger partial charge in [0, 0.05) is 33.9 Å². The van der Waals surface area contributed by atoms with Gasteiger partial charge in [-0.15, -0.1) is 0 Å². The Kier molecular flexibility index (Phi) is 9.09. The molecule has 0 N–H and O–H groups in total. The highest BCUT2D eigenvalue weighted by molar-refractivity contribution is 6.08. The molecule has 0 unspecified atom stereocenters. The van der Waals surface area contributed by atoms with Gasteiger partial charge in [0.25, 0.3) is 0 Å². The predicted molar refractivity (Wildman–Crippen MR) is 258 cm³/mol. The molecule has 1 aromatic heterocycles. The molecule has 2 nitrogen and oxygen atoms in total. The molecule has 11 rings (SSSR count). The number of furan rings is 1. The lowest BCUT2D eigenvalue weighted by Gasteiger charge is -2.26. The van der Waals surface area contributed by atoms with Gasteiger partial charge in [-0.3, -0.25) is 0 Å². The highest BCUT2D eigenvalue weighted by Crippen LogP contribution is 2.43. The monoisotopic (exact) mass is 779 g/mol. The van der Waals surface area contributed by atoms with Gasteiger partial charge in [0.15, 0.2) is 0 Å².